The number of amides is 1. The van der Waals surface area contributed by atoms with Crippen molar-refractivity contribution in [1.29, 1.82) is 0 Å². The van der Waals surface area contributed by atoms with Gasteiger partial charge in [-0.05, 0) is 49.5 Å². The summed E-state index contributed by atoms with van der Waals surface area (Å²) < 4.78 is 0. The SMILES string of the molecule is O=C(/C=C/c1ccc([N+](=O)[O-])cc1)N1CCCCC1CCO. The molecule has 1 fully saturated rings. The van der Waals surface area contributed by atoms with Gasteiger partial charge in [0.1, 0.15) is 0 Å². The number of aliphatic hydroxyl groups excluding tert-OH is 1. The van der Waals surface area contributed by atoms with Crippen molar-refractivity contribution in [2.45, 2.75) is 31.7 Å². The summed E-state index contributed by atoms with van der Waals surface area (Å²) in [6.45, 7) is 0.800. The highest BCUT2D eigenvalue weighted by atomic mass is 16.6. The normalized spacial score (nSPS) is 18.6. The van der Waals surface area contributed by atoms with E-state index in [-0.39, 0.29) is 24.2 Å². The number of piperidine rings is 1. The minimum absolute atomic E-state index is 0.0301. The zero-order valence-corrected chi connectivity index (χ0v) is 12.4. The highest BCUT2D eigenvalue weighted by molar-refractivity contribution is 5.92. The van der Waals surface area contributed by atoms with Gasteiger partial charge in [-0.25, -0.2) is 0 Å². The van der Waals surface area contributed by atoms with Crippen molar-refractivity contribution in [3.8, 4) is 0 Å². The number of carbonyl (C=O) groups excluding carboxylic acids is 1. The number of nitrogens with zero attached hydrogens (tertiary/aromatic N) is 2. The van der Waals surface area contributed by atoms with Crippen LogP contribution in [0.25, 0.3) is 6.08 Å². The van der Waals surface area contributed by atoms with E-state index in [1.807, 2.05) is 4.90 Å². The lowest BCUT2D eigenvalue weighted by molar-refractivity contribution is -0.384. The maximum atomic E-state index is 12.3. The first kappa shape index (κ1) is 16.2. The number of hydrogen-bond acceptors (Lipinski definition) is 4. The summed E-state index contributed by atoms with van der Waals surface area (Å²) in [5.74, 6) is -0.0727. The molecule has 2 rings (SSSR count). The zero-order chi connectivity index (χ0) is 15.9. The van der Waals surface area contributed by atoms with Gasteiger partial charge in [-0.15, -0.1) is 0 Å². The molecule has 1 aromatic carbocycles. The maximum absolute atomic E-state index is 12.3. The van der Waals surface area contributed by atoms with E-state index in [1.54, 1.807) is 18.2 Å². The molecule has 22 heavy (non-hydrogen) atoms. The molecule has 0 bridgehead atoms. The van der Waals surface area contributed by atoms with Gasteiger partial charge >= 0.3 is 0 Å². The Bertz CT molecular complexity index is 552. The van der Waals surface area contributed by atoms with Gasteiger partial charge in [0.05, 0.1) is 4.92 Å². The first-order valence-corrected chi connectivity index (χ1v) is 7.46. The Morgan fingerprint density at radius 2 is 2.09 bits per heavy atom. The Morgan fingerprint density at radius 3 is 2.73 bits per heavy atom. The number of benzene rings is 1. The molecule has 0 spiro atoms. The molecule has 1 aliphatic rings. The largest absolute Gasteiger partial charge is 0.396 e. The van der Waals surface area contributed by atoms with Gasteiger partial charge in [0, 0.05) is 37.4 Å². The van der Waals surface area contributed by atoms with Gasteiger partial charge in [0.15, 0.2) is 0 Å². The van der Waals surface area contributed by atoms with Gasteiger partial charge in [-0.2, -0.15) is 0 Å². The van der Waals surface area contributed by atoms with Crippen LogP contribution >= 0.6 is 0 Å². The molecule has 1 aliphatic heterocycles. The Kier molecular flexibility index (Phi) is 5.66. The van der Waals surface area contributed by atoms with Gasteiger partial charge in [0.25, 0.3) is 5.69 Å². The summed E-state index contributed by atoms with van der Waals surface area (Å²) in [5, 5.41) is 19.7. The number of carbonyl (C=O) groups is 1. The molecule has 6 nitrogen and oxygen atoms in total. The number of rotatable bonds is 5. The molecular formula is C16H20N2O4. The van der Waals surface area contributed by atoms with Crippen LogP contribution in [-0.2, 0) is 4.79 Å². The number of nitro groups is 1. The molecule has 1 unspecified atom stereocenters. The molecule has 1 heterocycles. The second-order valence-corrected chi connectivity index (χ2v) is 5.38. The van der Waals surface area contributed by atoms with E-state index in [0.717, 1.165) is 24.8 Å². The highest BCUT2D eigenvalue weighted by Crippen LogP contribution is 2.20. The summed E-state index contributed by atoms with van der Waals surface area (Å²) in [4.78, 5) is 24.2. The van der Waals surface area contributed by atoms with E-state index in [9.17, 15) is 14.9 Å². The Morgan fingerprint density at radius 1 is 1.36 bits per heavy atom. The smallest absolute Gasteiger partial charge is 0.269 e. The predicted octanol–water partition coefficient (Wildman–Crippen LogP) is 2.37. The molecule has 1 amide bonds. The molecule has 118 valence electrons. The van der Waals surface area contributed by atoms with Crippen LogP contribution in [0.5, 0.6) is 0 Å². The van der Waals surface area contributed by atoms with Gasteiger partial charge in [-0.3, -0.25) is 14.9 Å². The second-order valence-electron chi connectivity index (χ2n) is 5.38. The Hall–Kier alpha value is -2.21. The average Bonchev–Trinajstić information content (AvgIpc) is 2.54. The second kappa shape index (κ2) is 7.70. The van der Waals surface area contributed by atoms with Crippen LogP contribution in [0.3, 0.4) is 0 Å². The third-order valence-corrected chi connectivity index (χ3v) is 3.89. The summed E-state index contributed by atoms with van der Waals surface area (Å²) in [7, 11) is 0. The van der Waals surface area contributed by atoms with Crippen molar-refractivity contribution in [2.24, 2.45) is 0 Å². The van der Waals surface area contributed by atoms with Crippen LogP contribution < -0.4 is 0 Å². The van der Waals surface area contributed by atoms with Crippen molar-refractivity contribution in [3.63, 3.8) is 0 Å². The molecule has 1 aromatic rings. The molecule has 0 aliphatic carbocycles. The molecule has 0 radical (unpaired) electrons. The van der Waals surface area contributed by atoms with Gasteiger partial charge in [0.2, 0.25) is 5.91 Å². The molecule has 1 atom stereocenters. The molecule has 1 N–H and O–H groups in total. The van der Waals surface area contributed by atoms with E-state index in [0.29, 0.717) is 13.0 Å². The molecule has 0 saturated carbocycles. The van der Waals surface area contributed by atoms with Crippen molar-refractivity contribution in [1.82, 2.24) is 4.90 Å². The van der Waals surface area contributed by atoms with Crippen LogP contribution in [0.1, 0.15) is 31.2 Å². The highest BCUT2D eigenvalue weighted by Gasteiger charge is 2.24. The van der Waals surface area contributed by atoms with Crippen LogP contribution in [0, 0.1) is 10.1 Å². The summed E-state index contributed by atoms with van der Waals surface area (Å²) in [5.41, 5.74) is 0.775. The maximum Gasteiger partial charge on any atom is 0.269 e. The standard InChI is InChI=1S/C16H20N2O4/c19-12-10-14-3-1-2-11-17(14)16(20)9-6-13-4-7-15(8-5-13)18(21)22/h4-9,14,19H,1-3,10-12H2/b9-6+. The van der Waals surface area contributed by atoms with Crippen molar-refractivity contribution in [3.05, 3.63) is 46.0 Å². The first-order chi connectivity index (χ1) is 10.6. The number of aliphatic hydroxyl groups is 1. The van der Waals surface area contributed by atoms with E-state index in [1.165, 1.54) is 18.2 Å². The molecule has 1 saturated heterocycles. The fraction of sp³-hybridized carbons (Fsp3) is 0.438. The van der Waals surface area contributed by atoms with Crippen LogP contribution in [0.15, 0.2) is 30.3 Å². The van der Waals surface area contributed by atoms with Crippen molar-refractivity contribution in [2.75, 3.05) is 13.2 Å². The van der Waals surface area contributed by atoms with Gasteiger partial charge in [-0.1, -0.05) is 0 Å². The lowest BCUT2D eigenvalue weighted by Crippen LogP contribution is -2.43. The fourth-order valence-electron chi connectivity index (χ4n) is 2.71. The van der Waals surface area contributed by atoms with Crippen LogP contribution in [-0.4, -0.2) is 40.0 Å². The lowest BCUT2D eigenvalue weighted by Gasteiger charge is -2.34. The molecule has 6 heteroatoms. The lowest BCUT2D eigenvalue weighted by atomic mass is 9.99. The third-order valence-electron chi connectivity index (χ3n) is 3.89. The van der Waals surface area contributed by atoms with Crippen LogP contribution in [0.2, 0.25) is 0 Å². The minimum Gasteiger partial charge on any atom is -0.396 e. The minimum atomic E-state index is -0.453. The van der Waals surface area contributed by atoms with E-state index < -0.39 is 4.92 Å². The topological polar surface area (TPSA) is 83.7 Å². The fourth-order valence-corrected chi connectivity index (χ4v) is 2.71. The molecule has 0 aromatic heterocycles. The third kappa shape index (κ3) is 4.14. The summed E-state index contributed by atoms with van der Waals surface area (Å²) in [6.07, 6.45) is 6.77. The average molecular weight is 304 g/mol. The number of hydrogen-bond donors (Lipinski definition) is 1. The zero-order valence-electron chi connectivity index (χ0n) is 12.4. The first-order valence-electron chi connectivity index (χ1n) is 7.46. The van der Waals surface area contributed by atoms with E-state index >= 15 is 0 Å². The van der Waals surface area contributed by atoms with Crippen molar-refractivity contribution >= 4 is 17.7 Å². The Labute approximate surface area is 129 Å². The number of non-ortho nitro benzene ring substituents is 1. The quantitative estimate of drug-likeness (QED) is 0.514. The predicted molar refractivity (Wildman–Crippen MR) is 83.2 cm³/mol. The Balaban J connectivity index is 2.01. The van der Waals surface area contributed by atoms with E-state index in [4.69, 9.17) is 5.11 Å². The van der Waals surface area contributed by atoms with Gasteiger partial charge < -0.3 is 10.0 Å². The summed E-state index contributed by atoms with van der Waals surface area (Å²) in [6, 6.07) is 6.17. The number of nitro benzene ring substituents is 1. The molecular weight excluding hydrogens is 284 g/mol. The monoisotopic (exact) mass is 304 g/mol. The number of likely N-dealkylation sites (tertiary alicyclic amines) is 1. The van der Waals surface area contributed by atoms with Crippen LogP contribution in [0.4, 0.5) is 5.69 Å². The van der Waals surface area contributed by atoms with Crippen molar-refractivity contribution < 1.29 is 14.8 Å². The van der Waals surface area contributed by atoms with E-state index in [2.05, 4.69) is 0 Å². The summed E-state index contributed by atoms with van der Waals surface area (Å²) >= 11 is 0.